The second-order valence-corrected chi connectivity index (χ2v) is 9.92. The number of rotatable bonds is 5. The van der Waals surface area contributed by atoms with E-state index >= 15 is 0 Å². The number of benzene rings is 1. The van der Waals surface area contributed by atoms with Crippen molar-refractivity contribution in [2.45, 2.75) is 65.2 Å². The molecule has 0 spiro atoms. The van der Waals surface area contributed by atoms with Gasteiger partial charge in [0, 0.05) is 23.8 Å². The van der Waals surface area contributed by atoms with Crippen LogP contribution in [0.25, 0.3) is 11.3 Å². The average molecular weight is 455 g/mol. The minimum Gasteiger partial charge on any atom is -0.462 e. The van der Waals surface area contributed by atoms with Gasteiger partial charge in [-0.15, -0.1) is 0 Å². The van der Waals surface area contributed by atoms with Gasteiger partial charge >= 0.3 is 13.1 Å². The van der Waals surface area contributed by atoms with Gasteiger partial charge in [-0.25, -0.2) is 4.79 Å². The van der Waals surface area contributed by atoms with Gasteiger partial charge in [-0.2, -0.15) is 5.10 Å². The van der Waals surface area contributed by atoms with Crippen LogP contribution in [0.2, 0.25) is 0 Å². The molecule has 0 bridgehead atoms. The van der Waals surface area contributed by atoms with Crippen molar-refractivity contribution in [1.29, 1.82) is 0 Å². The Labute approximate surface area is 195 Å². The van der Waals surface area contributed by atoms with Crippen molar-refractivity contribution in [2.75, 3.05) is 25.6 Å². The molecule has 0 radical (unpaired) electrons. The molecule has 2 unspecified atom stereocenters. The van der Waals surface area contributed by atoms with Crippen LogP contribution in [-0.2, 0) is 18.8 Å². The molecule has 178 valence electrons. The molecule has 4 rings (SSSR count). The number of hydrogen-bond acceptors (Lipinski definition) is 7. The Balaban J connectivity index is 1.75. The number of nitrogens with zero attached hydrogens (tertiary/aromatic N) is 2. The van der Waals surface area contributed by atoms with Crippen molar-refractivity contribution >= 4 is 24.2 Å². The van der Waals surface area contributed by atoms with Gasteiger partial charge in [0.1, 0.15) is 5.56 Å². The Morgan fingerprint density at radius 1 is 1.27 bits per heavy atom. The van der Waals surface area contributed by atoms with E-state index in [9.17, 15) is 4.79 Å². The van der Waals surface area contributed by atoms with E-state index in [2.05, 4.69) is 12.0 Å². The fourth-order valence-electron chi connectivity index (χ4n) is 4.40. The summed E-state index contributed by atoms with van der Waals surface area (Å²) in [6.45, 7) is 13.6. The lowest BCUT2D eigenvalue weighted by Gasteiger charge is -2.32. The number of carbonyl (C=O) groups is 1. The first-order valence-electron chi connectivity index (χ1n) is 11.6. The van der Waals surface area contributed by atoms with Gasteiger partial charge in [0.05, 0.1) is 42.3 Å². The second kappa shape index (κ2) is 8.78. The van der Waals surface area contributed by atoms with Gasteiger partial charge in [0.25, 0.3) is 0 Å². The van der Waals surface area contributed by atoms with E-state index in [1.165, 1.54) is 0 Å². The maximum atomic E-state index is 12.8. The Morgan fingerprint density at radius 3 is 2.58 bits per heavy atom. The first kappa shape index (κ1) is 23.8. The van der Waals surface area contributed by atoms with Crippen LogP contribution >= 0.6 is 0 Å². The smallest absolute Gasteiger partial charge is 0.462 e. The minimum absolute atomic E-state index is 0.0964. The van der Waals surface area contributed by atoms with Crippen molar-refractivity contribution < 1.29 is 23.6 Å². The third-order valence-electron chi connectivity index (χ3n) is 7.06. The van der Waals surface area contributed by atoms with E-state index < -0.39 is 24.3 Å². The predicted octanol–water partition coefficient (Wildman–Crippen LogP) is 3.21. The molecular formula is C24H34BN3O5. The second-order valence-electron chi connectivity index (χ2n) is 9.92. The highest BCUT2D eigenvalue weighted by Gasteiger charge is 2.51. The molecule has 8 nitrogen and oxygen atoms in total. The Bertz CT molecular complexity index is 1020. The molecule has 2 fully saturated rings. The van der Waals surface area contributed by atoms with Crippen LogP contribution in [0.4, 0.5) is 5.69 Å². The van der Waals surface area contributed by atoms with E-state index in [1.54, 1.807) is 13.1 Å². The van der Waals surface area contributed by atoms with Gasteiger partial charge in [0.2, 0.25) is 0 Å². The lowest BCUT2D eigenvalue weighted by atomic mass is 9.78. The molecule has 2 aliphatic rings. The number of esters is 1. The molecule has 2 N–H and O–H groups in total. The fraction of sp³-hybridized carbons (Fsp3) is 0.583. The standard InChI is InChI=1S/C24H34BN3O5/c1-7-31-22(29)18-13-27-28(20-10-11-30-14-15(20)2)21(18)17-9-8-16(12-19(17)26)25-32-23(3,4)24(5,6)33-25/h8-9,12-13,15,20H,7,10-11,14,26H2,1-6H3. The number of nitrogen functional groups attached to an aromatic ring is 1. The molecule has 3 heterocycles. The van der Waals surface area contributed by atoms with Gasteiger partial charge in [-0.05, 0) is 52.6 Å². The van der Waals surface area contributed by atoms with Crippen molar-refractivity contribution in [2.24, 2.45) is 5.92 Å². The van der Waals surface area contributed by atoms with Crippen LogP contribution in [-0.4, -0.2) is 53.9 Å². The van der Waals surface area contributed by atoms with E-state index in [-0.39, 0.29) is 18.6 Å². The van der Waals surface area contributed by atoms with Crippen molar-refractivity contribution in [1.82, 2.24) is 9.78 Å². The number of ether oxygens (including phenoxy) is 2. The molecule has 2 saturated heterocycles. The van der Waals surface area contributed by atoms with Crippen LogP contribution < -0.4 is 11.2 Å². The first-order chi connectivity index (χ1) is 15.6. The molecule has 0 aliphatic carbocycles. The summed E-state index contributed by atoms with van der Waals surface area (Å²) in [5, 5.41) is 4.60. The highest BCUT2D eigenvalue weighted by Crippen LogP contribution is 2.38. The van der Waals surface area contributed by atoms with E-state index in [1.807, 2.05) is 50.6 Å². The number of nitrogens with two attached hydrogens (primary N) is 1. The molecule has 2 aliphatic heterocycles. The molecule has 0 saturated carbocycles. The van der Waals surface area contributed by atoms with Gasteiger partial charge < -0.3 is 24.5 Å². The third-order valence-corrected chi connectivity index (χ3v) is 7.06. The van der Waals surface area contributed by atoms with Gasteiger partial charge in [0.15, 0.2) is 0 Å². The quantitative estimate of drug-likeness (QED) is 0.420. The number of hydrogen-bond donors (Lipinski definition) is 1. The highest BCUT2D eigenvalue weighted by atomic mass is 16.7. The summed E-state index contributed by atoms with van der Waals surface area (Å²) in [6.07, 6.45) is 2.39. The molecule has 1 aromatic carbocycles. The van der Waals surface area contributed by atoms with Crippen molar-refractivity contribution in [3.8, 4) is 11.3 Å². The minimum atomic E-state index is -0.517. The van der Waals surface area contributed by atoms with Crippen LogP contribution in [0.5, 0.6) is 0 Å². The van der Waals surface area contributed by atoms with Gasteiger partial charge in [-0.3, -0.25) is 4.68 Å². The molecule has 0 amide bonds. The van der Waals surface area contributed by atoms with Crippen molar-refractivity contribution in [3.63, 3.8) is 0 Å². The summed E-state index contributed by atoms with van der Waals surface area (Å²) >= 11 is 0. The van der Waals surface area contributed by atoms with E-state index in [0.29, 0.717) is 30.2 Å². The Kier molecular flexibility index (Phi) is 6.33. The van der Waals surface area contributed by atoms with E-state index in [4.69, 9.17) is 24.5 Å². The normalized spacial score (nSPS) is 24.1. The molecule has 1 aromatic heterocycles. The lowest BCUT2D eigenvalue weighted by Crippen LogP contribution is -2.41. The Morgan fingerprint density at radius 2 is 1.97 bits per heavy atom. The third kappa shape index (κ3) is 4.29. The maximum absolute atomic E-state index is 12.8. The number of anilines is 1. The molecule has 9 heteroatoms. The summed E-state index contributed by atoms with van der Waals surface area (Å²) in [5.41, 5.74) is 8.84. The number of aromatic nitrogens is 2. The van der Waals surface area contributed by atoms with Crippen LogP contribution in [0.1, 0.15) is 64.4 Å². The summed E-state index contributed by atoms with van der Waals surface area (Å²) in [6, 6.07) is 5.81. The zero-order valence-corrected chi connectivity index (χ0v) is 20.4. The molecule has 2 atom stereocenters. The highest BCUT2D eigenvalue weighted by molar-refractivity contribution is 6.62. The summed E-state index contributed by atoms with van der Waals surface area (Å²) in [4.78, 5) is 12.8. The molecular weight excluding hydrogens is 421 g/mol. The lowest BCUT2D eigenvalue weighted by molar-refractivity contribution is 0.00578. The van der Waals surface area contributed by atoms with Crippen LogP contribution in [0.15, 0.2) is 24.4 Å². The monoisotopic (exact) mass is 455 g/mol. The summed E-state index contributed by atoms with van der Waals surface area (Å²) in [7, 11) is -0.517. The largest absolute Gasteiger partial charge is 0.494 e. The number of carbonyl (C=O) groups excluding carboxylic acids is 1. The fourth-order valence-corrected chi connectivity index (χ4v) is 4.40. The van der Waals surface area contributed by atoms with Crippen LogP contribution in [0, 0.1) is 5.92 Å². The van der Waals surface area contributed by atoms with E-state index in [0.717, 1.165) is 17.4 Å². The SMILES string of the molecule is CCOC(=O)c1cnn(C2CCOCC2C)c1-c1ccc(B2OC(C)(C)C(C)(C)O2)cc1N. The Hall–Kier alpha value is -2.36. The first-order valence-corrected chi connectivity index (χ1v) is 11.6. The summed E-state index contributed by atoms with van der Waals surface area (Å²) < 4.78 is 25.2. The summed E-state index contributed by atoms with van der Waals surface area (Å²) in [5.74, 6) is -0.161. The average Bonchev–Trinajstić information content (AvgIpc) is 3.26. The van der Waals surface area contributed by atoms with Crippen LogP contribution in [0.3, 0.4) is 0 Å². The topological polar surface area (TPSA) is 97.8 Å². The van der Waals surface area contributed by atoms with Gasteiger partial charge in [-0.1, -0.05) is 19.1 Å². The molecule has 33 heavy (non-hydrogen) atoms. The maximum Gasteiger partial charge on any atom is 0.494 e. The predicted molar refractivity (Wildman–Crippen MR) is 127 cm³/mol. The zero-order chi connectivity index (χ0) is 24.0. The molecule has 2 aromatic rings. The zero-order valence-electron chi connectivity index (χ0n) is 20.4. The van der Waals surface area contributed by atoms with Crippen molar-refractivity contribution in [3.05, 3.63) is 30.0 Å².